The van der Waals surface area contributed by atoms with Crippen LogP contribution < -0.4 is 0 Å². The first-order chi connectivity index (χ1) is 10.6. The summed E-state index contributed by atoms with van der Waals surface area (Å²) in [5.41, 5.74) is 3.90. The van der Waals surface area contributed by atoms with Gasteiger partial charge < -0.3 is 4.42 Å². The topological polar surface area (TPSA) is 13.1 Å². The summed E-state index contributed by atoms with van der Waals surface area (Å²) in [5, 5.41) is 2.98. The van der Waals surface area contributed by atoms with Crippen LogP contribution in [0.25, 0.3) is 33.1 Å². The number of rotatable bonds is 1. The van der Waals surface area contributed by atoms with Crippen LogP contribution in [0.2, 0.25) is 5.02 Å². The number of hydrogen-bond acceptors (Lipinski definition) is 1. The lowest BCUT2D eigenvalue weighted by molar-refractivity contribution is 0.670. The normalized spacial score (nSPS) is 11.4. The molecule has 0 aliphatic heterocycles. The SMILES string of the molecule is Clc1cccc(-c2ccc(I)c3c2oc2cccc(Br)c23)c1. The summed E-state index contributed by atoms with van der Waals surface area (Å²) in [6, 6.07) is 18.1. The number of benzene rings is 3. The third kappa shape index (κ3) is 2.27. The van der Waals surface area contributed by atoms with E-state index in [0.29, 0.717) is 0 Å². The highest BCUT2D eigenvalue weighted by Crippen LogP contribution is 2.41. The molecule has 108 valence electrons. The molecule has 4 heteroatoms. The first-order valence-corrected chi connectivity index (χ1v) is 8.95. The van der Waals surface area contributed by atoms with E-state index in [1.54, 1.807) is 0 Å². The fraction of sp³-hybridized carbons (Fsp3) is 0. The van der Waals surface area contributed by atoms with Crippen LogP contribution >= 0.6 is 50.1 Å². The molecule has 0 amide bonds. The molecule has 0 unspecified atom stereocenters. The molecule has 0 spiro atoms. The summed E-state index contributed by atoms with van der Waals surface area (Å²) in [5.74, 6) is 0. The Labute approximate surface area is 154 Å². The minimum atomic E-state index is 0.724. The second-order valence-electron chi connectivity index (χ2n) is 5.02. The summed E-state index contributed by atoms with van der Waals surface area (Å²) >= 11 is 12.1. The van der Waals surface area contributed by atoms with E-state index in [9.17, 15) is 0 Å². The maximum atomic E-state index is 6.16. The Morgan fingerprint density at radius 2 is 1.77 bits per heavy atom. The van der Waals surface area contributed by atoms with Gasteiger partial charge in [-0.05, 0) is 64.6 Å². The third-order valence-corrected chi connectivity index (χ3v) is 5.47. The van der Waals surface area contributed by atoms with Gasteiger partial charge in [-0.25, -0.2) is 0 Å². The molecule has 1 aromatic heterocycles. The summed E-state index contributed by atoms with van der Waals surface area (Å²) in [7, 11) is 0. The van der Waals surface area contributed by atoms with Gasteiger partial charge in [0.1, 0.15) is 11.2 Å². The van der Waals surface area contributed by atoms with Crippen LogP contribution in [0.3, 0.4) is 0 Å². The predicted molar refractivity (Wildman–Crippen MR) is 105 cm³/mol. The Kier molecular flexibility index (Phi) is 3.67. The molecular weight excluding hydrogens is 474 g/mol. The van der Waals surface area contributed by atoms with Gasteiger partial charge in [0.2, 0.25) is 0 Å². The zero-order chi connectivity index (χ0) is 15.3. The molecule has 4 rings (SSSR count). The lowest BCUT2D eigenvalue weighted by Crippen LogP contribution is -1.82. The summed E-state index contributed by atoms with van der Waals surface area (Å²) in [6.45, 7) is 0. The van der Waals surface area contributed by atoms with E-state index in [1.807, 2.05) is 36.4 Å². The fourth-order valence-electron chi connectivity index (χ4n) is 2.72. The van der Waals surface area contributed by atoms with Gasteiger partial charge in [0, 0.05) is 29.4 Å². The van der Waals surface area contributed by atoms with Crippen molar-refractivity contribution >= 4 is 72.1 Å². The minimum Gasteiger partial charge on any atom is -0.455 e. The first-order valence-electron chi connectivity index (χ1n) is 6.70. The molecule has 0 atom stereocenters. The number of hydrogen-bond donors (Lipinski definition) is 0. The Morgan fingerprint density at radius 3 is 2.59 bits per heavy atom. The van der Waals surface area contributed by atoms with E-state index in [4.69, 9.17) is 16.0 Å². The smallest absolute Gasteiger partial charge is 0.144 e. The van der Waals surface area contributed by atoms with Crippen molar-refractivity contribution in [2.75, 3.05) is 0 Å². The van der Waals surface area contributed by atoms with Crippen LogP contribution in [0.5, 0.6) is 0 Å². The molecule has 0 bridgehead atoms. The summed E-state index contributed by atoms with van der Waals surface area (Å²) in [4.78, 5) is 0. The lowest BCUT2D eigenvalue weighted by atomic mass is 10.0. The third-order valence-electron chi connectivity index (χ3n) is 3.68. The van der Waals surface area contributed by atoms with Gasteiger partial charge in [-0.1, -0.05) is 45.7 Å². The highest BCUT2D eigenvalue weighted by molar-refractivity contribution is 14.1. The Balaban J connectivity index is 2.16. The van der Waals surface area contributed by atoms with Gasteiger partial charge in [0.15, 0.2) is 0 Å². The average Bonchev–Trinajstić information content (AvgIpc) is 2.89. The molecule has 0 fully saturated rings. The van der Waals surface area contributed by atoms with Crippen LogP contribution in [0.4, 0.5) is 0 Å². The van der Waals surface area contributed by atoms with Crippen molar-refractivity contribution in [3.8, 4) is 11.1 Å². The molecule has 22 heavy (non-hydrogen) atoms. The van der Waals surface area contributed by atoms with Gasteiger partial charge in [-0.15, -0.1) is 0 Å². The van der Waals surface area contributed by atoms with Crippen molar-refractivity contribution in [1.29, 1.82) is 0 Å². The predicted octanol–water partition coefficient (Wildman–Crippen LogP) is 7.27. The Hall–Kier alpha value is -1.04. The molecule has 3 aromatic carbocycles. The van der Waals surface area contributed by atoms with Gasteiger partial charge in [0.25, 0.3) is 0 Å². The van der Waals surface area contributed by atoms with Gasteiger partial charge >= 0.3 is 0 Å². The number of halogens is 3. The van der Waals surface area contributed by atoms with E-state index in [2.05, 4.69) is 56.7 Å². The zero-order valence-corrected chi connectivity index (χ0v) is 15.7. The van der Waals surface area contributed by atoms with Gasteiger partial charge in [-0.2, -0.15) is 0 Å². The van der Waals surface area contributed by atoms with Crippen molar-refractivity contribution < 1.29 is 4.42 Å². The molecule has 0 saturated heterocycles. The van der Waals surface area contributed by atoms with Crippen LogP contribution in [0.15, 0.2) is 63.5 Å². The van der Waals surface area contributed by atoms with Crippen molar-refractivity contribution in [3.05, 3.63) is 67.7 Å². The number of fused-ring (bicyclic) bond motifs is 3. The second-order valence-corrected chi connectivity index (χ2v) is 7.48. The van der Waals surface area contributed by atoms with E-state index in [0.717, 1.165) is 42.6 Å². The van der Waals surface area contributed by atoms with Crippen LogP contribution in [0, 0.1) is 3.57 Å². The lowest BCUT2D eigenvalue weighted by Gasteiger charge is -2.05. The molecule has 0 aliphatic carbocycles. The summed E-state index contributed by atoms with van der Waals surface area (Å²) < 4.78 is 8.38. The van der Waals surface area contributed by atoms with Crippen molar-refractivity contribution in [2.24, 2.45) is 0 Å². The van der Waals surface area contributed by atoms with Crippen LogP contribution in [-0.4, -0.2) is 0 Å². The average molecular weight is 484 g/mol. The van der Waals surface area contributed by atoms with E-state index >= 15 is 0 Å². The highest BCUT2D eigenvalue weighted by atomic mass is 127. The quantitative estimate of drug-likeness (QED) is 0.260. The van der Waals surface area contributed by atoms with Crippen LogP contribution in [-0.2, 0) is 0 Å². The Morgan fingerprint density at radius 1 is 0.955 bits per heavy atom. The van der Waals surface area contributed by atoms with Gasteiger partial charge in [-0.3, -0.25) is 0 Å². The molecule has 1 nitrogen and oxygen atoms in total. The minimum absolute atomic E-state index is 0.724. The van der Waals surface area contributed by atoms with Gasteiger partial charge in [0.05, 0.1) is 0 Å². The van der Waals surface area contributed by atoms with Crippen LogP contribution in [0.1, 0.15) is 0 Å². The maximum Gasteiger partial charge on any atom is 0.144 e. The van der Waals surface area contributed by atoms with E-state index < -0.39 is 0 Å². The molecule has 0 aliphatic rings. The highest BCUT2D eigenvalue weighted by Gasteiger charge is 2.16. The first kappa shape index (κ1) is 14.5. The molecule has 0 N–H and O–H groups in total. The van der Waals surface area contributed by atoms with E-state index in [1.165, 1.54) is 3.57 Å². The van der Waals surface area contributed by atoms with Crippen molar-refractivity contribution in [1.82, 2.24) is 0 Å². The maximum absolute atomic E-state index is 6.16. The standard InChI is InChI=1S/C18H9BrClIO/c19-13-5-2-6-15-16(13)17-14(21)8-7-12(18(17)22-15)10-3-1-4-11(20)9-10/h1-9H. The molecule has 0 radical (unpaired) electrons. The van der Waals surface area contributed by atoms with Crippen molar-refractivity contribution in [3.63, 3.8) is 0 Å². The molecule has 0 saturated carbocycles. The number of furan rings is 1. The monoisotopic (exact) mass is 482 g/mol. The summed E-state index contributed by atoms with van der Waals surface area (Å²) in [6.07, 6.45) is 0. The molecule has 4 aromatic rings. The molecule has 1 heterocycles. The Bertz CT molecular complexity index is 1020. The largest absolute Gasteiger partial charge is 0.455 e. The zero-order valence-electron chi connectivity index (χ0n) is 11.2. The second kappa shape index (κ2) is 5.55. The van der Waals surface area contributed by atoms with Crippen molar-refractivity contribution in [2.45, 2.75) is 0 Å². The van der Waals surface area contributed by atoms with E-state index in [-0.39, 0.29) is 0 Å². The fourth-order valence-corrected chi connectivity index (χ4v) is 4.15. The molecular formula is C18H9BrClIO.